The number of aryl methyl sites for hydroxylation is 1. The zero-order valence-corrected chi connectivity index (χ0v) is 14.6. The standard InChI is InChI=1S/C17H24N2O5/c1-10-12-8-17(15(20)22-3,16(21)23-4)9-13(12)11(2)19-14(10)24-7-5-6-18/h5-9,18H2,1-4H3. The Morgan fingerprint density at radius 3 is 2.25 bits per heavy atom. The minimum atomic E-state index is -1.35. The number of methoxy groups -OCH3 is 2. The molecule has 0 saturated heterocycles. The number of esters is 2. The molecule has 1 aromatic heterocycles. The van der Waals surface area contributed by atoms with Crippen molar-refractivity contribution in [1.29, 1.82) is 0 Å². The molecular weight excluding hydrogens is 312 g/mol. The predicted molar refractivity (Wildman–Crippen MR) is 86.8 cm³/mol. The number of hydrogen-bond donors (Lipinski definition) is 1. The Bertz CT molecular complexity index is 641. The average molecular weight is 336 g/mol. The lowest BCUT2D eigenvalue weighted by molar-refractivity contribution is -0.168. The second-order valence-electron chi connectivity index (χ2n) is 5.99. The first-order chi connectivity index (χ1) is 11.4. The monoisotopic (exact) mass is 336 g/mol. The van der Waals surface area contributed by atoms with Crippen molar-refractivity contribution in [2.45, 2.75) is 33.1 Å². The van der Waals surface area contributed by atoms with Crippen LogP contribution in [0.1, 0.15) is 28.8 Å². The van der Waals surface area contributed by atoms with Gasteiger partial charge in [-0.3, -0.25) is 9.59 Å². The highest BCUT2D eigenvalue weighted by molar-refractivity contribution is 6.01. The number of nitrogens with two attached hydrogens (primary N) is 1. The maximum Gasteiger partial charge on any atom is 0.323 e. The third-order valence-electron chi connectivity index (χ3n) is 4.54. The molecule has 1 aliphatic rings. The summed E-state index contributed by atoms with van der Waals surface area (Å²) < 4.78 is 15.5. The van der Waals surface area contributed by atoms with Gasteiger partial charge in [-0.2, -0.15) is 0 Å². The fourth-order valence-corrected chi connectivity index (χ4v) is 3.17. The molecule has 1 aromatic rings. The van der Waals surface area contributed by atoms with Gasteiger partial charge in [0, 0.05) is 24.1 Å². The number of aromatic nitrogens is 1. The summed E-state index contributed by atoms with van der Waals surface area (Å²) in [6.07, 6.45) is 1.18. The first-order valence-corrected chi connectivity index (χ1v) is 7.90. The molecule has 0 atom stereocenters. The molecule has 2 rings (SSSR count). The van der Waals surface area contributed by atoms with Crippen LogP contribution in [0.5, 0.6) is 5.88 Å². The summed E-state index contributed by atoms with van der Waals surface area (Å²) in [6, 6.07) is 0. The maximum atomic E-state index is 12.3. The van der Waals surface area contributed by atoms with Crippen molar-refractivity contribution >= 4 is 11.9 Å². The van der Waals surface area contributed by atoms with Gasteiger partial charge in [-0.1, -0.05) is 0 Å². The Balaban J connectivity index is 2.43. The molecule has 0 bridgehead atoms. The van der Waals surface area contributed by atoms with Crippen LogP contribution >= 0.6 is 0 Å². The van der Waals surface area contributed by atoms with Gasteiger partial charge in [0.15, 0.2) is 5.41 Å². The van der Waals surface area contributed by atoms with Crippen molar-refractivity contribution in [3.8, 4) is 5.88 Å². The lowest BCUT2D eigenvalue weighted by atomic mass is 9.84. The van der Waals surface area contributed by atoms with Crippen LogP contribution in [0, 0.1) is 19.3 Å². The molecule has 132 valence electrons. The van der Waals surface area contributed by atoms with Gasteiger partial charge in [0.2, 0.25) is 5.88 Å². The molecule has 7 heteroatoms. The Morgan fingerprint density at radius 2 is 1.71 bits per heavy atom. The molecule has 1 aliphatic carbocycles. The molecule has 0 saturated carbocycles. The maximum absolute atomic E-state index is 12.3. The quantitative estimate of drug-likeness (QED) is 0.467. The molecule has 0 spiro atoms. The summed E-state index contributed by atoms with van der Waals surface area (Å²) in [7, 11) is 2.55. The van der Waals surface area contributed by atoms with Crippen LogP contribution in [-0.2, 0) is 31.9 Å². The number of pyridine rings is 1. The predicted octanol–water partition coefficient (Wildman–Crippen LogP) is 0.857. The van der Waals surface area contributed by atoms with E-state index in [-0.39, 0.29) is 12.8 Å². The zero-order chi connectivity index (χ0) is 17.9. The van der Waals surface area contributed by atoms with E-state index in [0.29, 0.717) is 19.0 Å². The summed E-state index contributed by atoms with van der Waals surface area (Å²) in [5.74, 6) is -0.657. The van der Waals surface area contributed by atoms with Gasteiger partial charge < -0.3 is 19.9 Å². The van der Waals surface area contributed by atoms with Gasteiger partial charge in [0.1, 0.15) is 0 Å². The van der Waals surface area contributed by atoms with Crippen LogP contribution in [0.4, 0.5) is 0 Å². The molecule has 0 unspecified atom stereocenters. The van der Waals surface area contributed by atoms with Gasteiger partial charge in [0.05, 0.1) is 20.8 Å². The fraction of sp³-hybridized carbons (Fsp3) is 0.588. The number of nitrogens with zero attached hydrogens (tertiary/aromatic N) is 1. The third kappa shape index (κ3) is 2.96. The summed E-state index contributed by atoms with van der Waals surface area (Å²) >= 11 is 0. The van der Waals surface area contributed by atoms with E-state index >= 15 is 0 Å². The van der Waals surface area contributed by atoms with E-state index in [9.17, 15) is 9.59 Å². The molecular formula is C17H24N2O5. The van der Waals surface area contributed by atoms with Gasteiger partial charge in [-0.15, -0.1) is 0 Å². The largest absolute Gasteiger partial charge is 0.477 e. The Morgan fingerprint density at radius 1 is 1.12 bits per heavy atom. The molecule has 24 heavy (non-hydrogen) atoms. The van der Waals surface area contributed by atoms with E-state index in [1.54, 1.807) is 0 Å². The number of carbonyl (C=O) groups is 2. The highest BCUT2D eigenvalue weighted by atomic mass is 16.5. The lowest BCUT2D eigenvalue weighted by Gasteiger charge is -2.22. The van der Waals surface area contributed by atoms with E-state index in [1.165, 1.54) is 14.2 Å². The summed E-state index contributed by atoms with van der Waals surface area (Å²) in [5, 5.41) is 0. The highest BCUT2D eigenvalue weighted by Gasteiger charge is 2.53. The van der Waals surface area contributed by atoms with Gasteiger partial charge in [-0.25, -0.2) is 4.98 Å². The fourth-order valence-electron chi connectivity index (χ4n) is 3.17. The second kappa shape index (κ2) is 7.17. The molecule has 0 amide bonds. The number of carbonyl (C=O) groups excluding carboxylic acids is 2. The molecule has 0 aliphatic heterocycles. The number of hydrogen-bond acceptors (Lipinski definition) is 7. The second-order valence-corrected chi connectivity index (χ2v) is 5.99. The number of ether oxygens (including phenoxy) is 3. The van der Waals surface area contributed by atoms with Crippen molar-refractivity contribution in [3.63, 3.8) is 0 Å². The normalized spacial score (nSPS) is 14.9. The Labute approximate surface area is 141 Å². The van der Waals surface area contributed by atoms with Crippen molar-refractivity contribution in [1.82, 2.24) is 4.98 Å². The van der Waals surface area contributed by atoms with Gasteiger partial charge in [0.25, 0.3) is 0 Å². The van der Waals surface area contributed by atoms with Crippen LogP contribution in [0.15, 0.2) is 0 Å². The van der Waals surface area contributed by atoms with E-state index < -0.39 is 17.4 Å². The van der Waals surface area contributed by atoms with Crippen molar-refractivity contribution in [2.24, 2.45) is 11.1 Å². The van der Waals surface area contributed by atoms with Gasteiger partial charge in [-0.05, 0) is 37.9 Å². The number of rotatable bonds is 6. The first-order valence-electron chi connectivity index (χ1n) is 7.90. The molecule has 0 aromatic carbocycles. The SMILES string of the molecule is COC(=O)C1(C(=O)OC)Cc2c(C)nc(OCCCN)c(C)c2C1. The molecule has 0 radical (unpaired) electrons. The Kier molecular flexibility index (Phi) is 5.43. The van der Waals surface area contributed by atoms with E-state index in [0.717, 1.165) is 28.8 Å². The molecule has 1 heterocycles. The average Bonchev–Trinajstić information content (AvgIpc) is 3.00. The molecule has 0 fully saturated rings. The summed E-state index contributed by atoms with van der Waals surface area (Å²) in [6.45, 7) is 4.74. The van der Waals surface area contributed by atoms with Crippen LogP contribution in [0.25, 0.3) is 0 Å². The van der Waals surface area contributed by atoms with E-state index in [4.69, 9.17) is 19.9 Å². The van der Waals surface area contributed by atoms with Crippen molar-refractivity contribution in [2.75, 3.05) is 27.4 Å². The van der Waals surface area contributed by atoms with Gasteiger partial charge >= 0.3 is 11.9 Å². The first kappa shape index (κ1) is 18.2. The zero-order valence-electron chi connectivity index (χ0n) is 14.6. The molecule has 7 nitrogen and oxygen atoms in total. The van der Waals surface area contributed by atoms with Crippen LogP contribution < -0.4 is 10.5 Å². The smallest absolute Gasteiger partial charge is 0.323 e. The van der Waals surface area contributed by atoms with E-state index in [2.05, 4.69) is 4.98 Å². The van der Waals surface area contributed by atoms with Crippen LogP contribution in [-0.4, -0.2) is 44.3 Å². The summed E-state index contributed by atoms with van der Waals surface area (Å²) in [5.41, 5.74) is 7.50. The van der Waals surface area contributed by atoms with Crippen molar-refractivity contribution in [3.05, 3.63) is 22.4 Å². The summed E-state index contributed by atoms with van der Waals surface area (Å²) in [4.78, 5) is 29.2. The number of fused-ring (bicyclic) bond motifs is 1. The minimum absolute atomic E-state index is 0.226. The topological polar surface area (TPSA) is 101 Å². The lowest BCUT2D eigenvalue weighted by Crippen LogP contribution is -2.42. The highest BCUT2D eigenvalue weighted by Crippen LogP contribution is 2.43. The van der Waals surface area contributed by atoms with E-state index in [1.807, 2.05) is 13.8 Å². The minimum Gasteiger partial charge on any atom is -0.477 e. The van der Waals surface area contributed by atoms with Crippen LogP contribution in [0.2, 0.25) is 0 Å². The Hall–Kier alpha value is -2.15. The van der Waals surface area contributed by atoms with Crippen molar-refractivity contribution < 1.29 is 23.8 Å². The molecule has 2 N–H and O–H groups in total. The third-order valence-corrected chi connectivity index (χ3v) is 4.54. The van der Waals surface area contributed by atoms with Crippen LogP contribution in [0.3, 0.4) is 0 Å².